The minimum atomic E-state index is -3.62. The second kappa shape index (κ2) is 6.51. The topological polar surface area (TPSA) is 83.5 Å². The Bertz CT molecular complexity index is 709. The van der Waals surface area contributed by atoms with Crippen molar-refractivity contribution in [1.82, 2.24) is 4.72 Å². The van der Waals surface area contributed by atoms with Gasteiger partial charge < -0.3 is 5.11 Å². The lowest BCUT2D eigenvalue weighted by atomic mass is 10.2. The summed E-state index contributed by atoms with van der Waals surface area (Å²) in [5.74, 6) is -1.09. The number of aromatic carboxylic acids is 1. The van der Waals surface area contributed by atoms with Gasteiger partial charge in [-0.2, -0.15) is 0 Å². The molecule has 2 N–H and O–H groups in total. The van der Waals surface area contributed by atoms with Gasteiger partial charge in [0.2, 0.25) is 10.0 Å². The van der Waals surface area contributed by atoms with Crippen molar-refractivity contribution in [2.24, 2.45) is 0 Å². The highest BCUT2D eigenvalue weighted by Crippen LogP contribution is 2.10. The van der Waals surface area contributed by atoms with Gasteiger partial charge in [-0.25, -0.2) is 17.9 Å². The van der Waals surface area contributed by atoms with E-state index in [9.17, 15) is 13.2 Å². The first-order chi connectivity index (χ1) is 9.99. The van der Waals surface area contributed by atoms with Crippen molar-refractivity contribution in [3.63, 3.8) is 0 Å². The average Bonchev–Trinajstić information content (AvgIpc) is 2.48. The second-order valence-corrected chi connectivity index (χ2v) is 6.23. The molecule has 0 aliphatic heterocycles. The second-order valence-electron chi connectivity index (χ2n) is 4.46. The van der Waals surface area contributed by atoms with Gasteiger partial charge in [0.15, 0.2) is 0 Å². The molecule has 0 spiro atoms. The third-order valence-electron chi connectivity index (χ3n) is 2.96. The lowest BCUT2D eigenvalue weighted by molar-refractivity contribution is 0.0696. The van der Waals surface area contributed by atoms with Crippen LogP contribution in [-0.4, -0.2) is 26.0 Å². The first kappa shape index (κ1) is 15.2. The molecule has 0 aliphatic rings. The van der Waals surface area contributed by atoms with Gasteiger partial charge in [0.05, 0.1) is 10.5 Å². The number of benzene rings is 2. The predicted molar refractivity (Wildman–Crippen MR) is 78.7 cm³/mol. The Labute approximate surface area is 123 Å². The monoisotopic (exact) mass is 305 g/mol. The van der Waals surface area contributed by atoms with Gasteiger partial charge in [0, 0.05) is 6.54 Å². The van der Waals surface area contributed by atoms with E-state index in [1.165, 1.54) is 24.3 Å². The number of hydrogen-bond donors (Lipinski definition) is 2. The molecule has 0 atom stereocenters. The van der Waals surface area contributed by atoms with Crippen LogP contribution in [0, 0.1) is 0 Å². The number of carbonyl (C=O) groups is 1. The Hall–Kier alpha value is -2.18. The highest BCUT2D eigenvalue weighted by atomic mass is 32.2. The van der Waals surface area contributed by atoms with Crippen LogP contribution >= 0.6 is 0 Å². The fraction of sp³-hybridized carbons (Fsp3) is 0.133. The average molecular weight is 305 g/mol. The third kappa shape index (κ3) is 4.14. The summed E-state index contributed by atoms with van der Waals surface area (Å²) >= 11 is 0. The summed E-state index contributed by atoms with van der Waals surface area (Å²) in [6, 6.07) is 14.7. The standard InChI is InChI=1S/C15H15NO4S/c17-15(18)13-6-8-14(9-7-13)21(19,20)16-11-10-12-4-2-1-3-5-12/h1-9,16H,10-11H2,(H,17,18). The maximum atomic E-state index is 12.0. The highest BCUT2D eigenvalue weighted by molar-refractivity contribution is 7.89. The van der Waals surface area contributed by atoms with Crippen LogP contribution < -0.4 is 4.72 Å². The molecule has 0 aliphatic carbocycles. The van der Waals surface area contributed by atoms with E-state index in [0.29, 0.717) is 6.42 Å². The normalized spacial score (nSPS) is 11.2. The largest absolute Gasteiger partial charge is 0.478 e. The van der Waals surface area contributed by atoms with Crippen molar-refractivity contribution in [1.29, 1.82) is 0 Å². The molecule has 2 rings (SSSR count). The van der Waals surface area contributed by atoms with Crippen LogP contribution in [0.25, 0.3) is 0 Å². The molecular formula is C15H15NO4S. The Morgan fingerprint density at radius 1 is 1.00 bits per heavy atom. The number of carboxylic acids is 1. The van der Waals surface area contributed by atoms with E-state index in [-0.39, 0.29) is 17.0 Å². The van der Waals surface area contributed by atoms with Crippen LogP contribution in [0.5, 0.6) is 0 Å². The van der Waals surface area contributed by atoms with Gasteiger partial charge in [0.1, 0.15) is 0 Å². The van der Waals surface area contributed by atoms with Crippen LogP contribution in [0.3, 0.4) is 0 Å². The van der Waals surface area contributed by atoms with E-state index in [1.807, 2.05) is 30.3 Å². The molecule has 0 unspecified atom stereocenters. The molecule has 0 radical (unpaired) electrons. The van der Waals surface area contributed by atoms with Crippen molar-refractivity contribution in [2.45, 2.75) is 11.3 Å². The fourth-order valence-electron chi connectivity index (χ4n) is 1.83. The molecule has 5 nitrogen and oxygen atoms in total. The smallest absolute Gasteiger partial charge is 0.335 e. The molecule has 0 bridgehead atoms. The minimum Gasteiger partial charge on any atom is -0.478 e. The molecule has 0 amide bonds. The Balaban J connectivity index is 2.00. The summed E-state index contributed by atoms with van der Waals surface area (Å²) in [6.45, 7) is 0.285. The SMILES string of the molecule is O=C(O)c1ccc(S(=O)(=O)NCCc2ccccc2)cc1. The van der Waals surface area contributed by atoms with Crippen LogP contribution in [-0.2, 0) is 16.4 Å². The zero-order valence-electron chi connectivity index (χ0n) is 11.2. The van der Waals surface area contributed by atoms with Gasteiger partial charge in [-0.15, -0.1) is 0 Å². The summed E-state index contributed by atoms with van der Waals surface area (Å²) in [5, 5.41) is 8.78. The first-order valence-electron chi connectivity index (χ1n) is 6.36. The van der Waals surface area contributed by atoms with Gasteiger partial charge in [0.25, 0.3) is 0 Å². The maximum Gasteiger partial charge on any atom is 0.335 e. The zero-order valence-corrected chi connectivity index (χ0v) is 12.0. The first-order valence-corrected chi connectivity index (χ1v) is 7.84. The van der Waals surface area contributed by atoms with Crippen molar-refractivity contribution in [3.8, 4) is 0 Å². The summed E-state index contributed by atoms with van der Waals surface area (Å²) in [4.78, 5) is 10.8. The summed E-state index contributed by atoms with van der Waals surface area (Å²) in [6.07, 6.45) is 0.591. The van der Waals surface area contributed by atoms with Crippen LogP contribution in [0.1, 0.15) is 15.9 Å². The van der Waals surface area contributed by atoms with E-state index < -0.39 is 16.0 Å². The molecule has 0 aromatic heterocycles. The highest BCUT2D eigenvalue weighted by Gasteiger charge is 2.14. The molecule has 2 aromatic carbocycles. The van der Waals surface area contributed by atoms with Gasteiger partial charge >= 0.3 is 5.97 Å². The summed E-state index contributed by atoms with van der Waals surface area (Å²) in [7, 11) is -3.62. The minimum absolute atomic E-state index is 0.0539. The zero-order chi connectivity index (χ0) is 15.3. The predicted octanol–water partition coefficient (Wildman–Crippen LogP) is 1.91. The number of carboxylic acid groups (broad SMARTS) is 1. The van der Waals surface area contributed by atoms with Crippen molar-refractivity contribution in [3.05, 3.63) is 65.7 Å². The Morgan fingerprint density at radius 2 is 1.62 bits per heavy atom. The number of rotatable bonds is 6. The van der Waals surface area contributed by atoms with Crippen LogP contribution in [0.4, 0.5) is 0 Å². The maximum absolute atomic E-state index is 12.0. The molecular weight excluding hydrogens is 290 g/mol. The molecule has 110 valence electrons. The molecule has 2 aromatic rings. The van der Waals surface area contributed by atoms with Crippen molar-refractivity contribution < 1.29 is 18.3 Å². The Kier molecular flexibility index (Phi) is 4.72. The van der Waals surface area contributed by atoms with Gasteiger partial charge in [-0.3, -0.25) is 0 Å². The van der Waals surface area contributed by atoms with Gasteiger partial charge in [-0.1, -0.05) is 30.3 Å². The van der Waals surface area contributed by atoms with E-state index in [0.717, 1.165) is 5.56 Å². The summed E-state index contributed by atoms with van der Waals surface area (Å²) < 4.78 is 26.6. The fourth-order valence-corrected chi connectivity index (χ4v) is 2.87. The Morgan fingerprint density at radius 3 is 2.19 bits per heavy atom. The molecule has 21 heavy (non-hydrogen) atoms. The van der Waals surface area contributed by atoms with Crippen molar-refractivity contribution in [2.75, 3.05) is 6.54 Å². The van der Waals surface area contributed by atoms with E-state index in [4.69, 9.17) is 5.11 Å². The number of nitrogens with one attached hydrogen (secondary N) is 1. The van der Waals surface area contributed by atoms with E-state index in [2.05, 4.69) is 4.72 Å². The van der Waals surface area contributed by atoms with Crippen LogP contribution in [0.2, 0.25) is 0 Å². The van der Waals surface area contributed by atoms with Crippen molar-refractivity contribution >= 4 is 16.0 Å². The molecule has 0 heterocycles. The van der Waals surface area contributed by atoms with E-state index >= 15 is 0 Å². The molecule has 0 saturated heterocycles. The number of sulfonamides is 1. The third-order valence-corrected chi connectivity index (χ3v) is 4.44. The van der Waals surface area contributed by atoms with Crippen LogP contribution in [0.15, 0.2) is 59.5 Å². The lowest BCUT2D eigenvalue weighted by Crippen LogP contribution is -2.26. The quantitative estimate of drug-likeness (QED) is 0.854. The van der Waals surface area contributed by atoms with Gasteiger partial charge in [-0.05, 0) is 36.2 Å². The van der Waals surface area contributed by atoms with E-state index in [1.54, 1.807) is 0 Å². The molecule has 0 saturated carbocycles. The lowest BCUT2D eigenvalue weighted by Gasteiger charge is -2.07. The molecule has 6 heteroatoms. The number of hydrogen-bond acceptors (Lipinski definition) is 3. The molecule has 0 fully saturated rings. The summed E-state index contributed by atoms with van der Waals surface area (Å²) in [5.41, 5.74) is 1.10.